The van der Waals surface area contributed by atoms with E-state index in [1.807, 2.05) is 0 Å². The molecule has 0 saturated heterocycles. The first kappa shape index (κ1) is 5.09. The number of pyridine rings is 1. The molecule has 0 N–H and O–H groups in total. The van der Waals surface area contributed by atoms with Crippen molar-refractivity contribution in [2.24, 2.45) is 0 Å². The lowest BCUT2D eigenvalue weighted by Crippen LogP contribution is -1.83. The van der Waals surface area contributed by atoms with Gasteiger partial charge in [-0.25, -0.2) is 4.98 Å². The molecular formula is C6H6NO. The molecule has 0 bridgehead atoms. The van der Waals surface area contributed by atoms with E-state index in [9.17, 15) is 0 Å². The number of methoxy groups -OCH3 is 1. The summed E-state index contributed by atoms with van der Waals surface area (Å²) in [5.74, 6) is 0.604. The third-order valence-electron chi connectivity index (χ3n) is 0.788. The number of hydrogen-bond acceptors (Lipinski definition) is 2. The fourth-order valence-electron chi connectivity index (χ4n) is 0.422. The maximum absolute atomic E-state index is 4.77. The maximum atomic E-state index is 4.77. The van der Waals surface area contributed by atoms with Crippen LogP contribution in [0, 0.1) is 6.07 Å². The third-order valence-corrected chi connectivity index (χ3v) is 0.788. The van der Waals surface area contributed by atoms with Gasteiger partial charge in [0.1, 0.15) is 0 Å². The van der Waals surface area contributed by atoms with Crippen molar-refractivity contribution in [1.82, 2.24) is 4.98 Å². The van der Waals surface area contributed by atoms with Gasteiger partial charge in [0.2, 0.25) is 5.88 Å². The molecule has 0 spiro atoms. The highest BCUT2D eigenvalue weighted by Crippen LogP contribution is 1.99. The van der Waals surface area contributed by atoms with Gasteiger partial charge in [0.05, 0.1) is 7.11 Å². The third kappa shape index (κ3) is 0.964. The Labute approximate surface area is 48.1 Å². The zero-order valence-electron chi connectivity index (χ0n) is 4.59. The Morgan fingerprint density at radius 1 is 1.75 bits per heavy atom. The van der Waals surface area contributed by atoms with Crippen LogP contribution in [-0.4, -0.2) is 12.1 Å². The molecule has 0 aromatic carbocycles. The molecule has 1 heterocycles. The van der Waals surface area contributed by atoms with Crippen LogP contribution in [-0.2, 0) is 0 Å². The van der Waals surface area contributed by atoms with Crippen LogP contribution in [0.5, 0.6) is 5.88 Å². The Hall–Kier alpha value is -1.05. The average molecular weight is 108 g/mol. The van der Waals surface area contributed by atoms with Gasteiger partial charge in [0.15, 0.2) is 0 Å². The highest BCUT2D eigenvalue weighted by atomic mass is 16.5. The molecule has 0 aliphatic carbocycles. The van der Waals surface area contributed by atoms with Crippen molar-refractivity contribution in [3.8, 4) is 5.88 Å². The topological polar surface area (TPSA) is 22.1 Å². The molecule has 0 fully saturated rings. The molecule has 1 aromatic rings. The van der Waals surface area contributed by atoms with Crippen molar-refractivity contribution in [1.29, 1.82) is 0 Å². The molecule has 0 aliphatic heterocycles. The Morgan fingerprint density at radius 3 is 3.00 bits per heavy atom. The zero-order chi connectivity index (χ0) is 5.82. The second-order valence-electron chi connectivity index (χ2n) is 1.30. The van der Waals surface area contributed by atoms with E-state index in [1.54, 1.807) is 25.4 Å². The SMILES string of the molecule is COc1c[c]ccn1. The van der Waals surface area contributed by atoms with Gasteiger partial charge < -0.3 is 4.74 Å². The fraction of sp³-hybridized carbons (Fsp3) is 0.167. The number of nitrogens with zero attached hydrogens (tertiary/aromatic N) is 1. The van der Waals surface area contributed by atoms with Crippen molar-refractivity contribution in [3.05, 3.63) is 24.4 Å². The average Bonchev–Trinajstić information content (AvgIpc) is 1.90. The van der Waals surface area contributed by atoms with E-state index >= 15 is 0 Å². The lowest BCUT2D eigenvalue weighted by molar-refractivity contribution is 0.398. The number of hydrogen-bond donors (Lipinski definition) is 0. The molecule has 0 aliphatic rings. The molecule has 1 radical (unpaired) electrons. The van der Waals surface area contributed by atoms with Crippen molar-refractivity contribution in [2.45, 2.75) is 0 Å². The summed E-state index contributed by atoms with van der Waals surface area (Å²) in [5, 5.41) is 0. The Kier molecular flexibility index (Phi) is 1.47. The van der Waals surface area contributed by atoms with Gasteiger partial charge in [-0.15, -0.1) is 0 Å². The maximum Gasteiger partial charge on any atom is 0.213 e. The van der Waals surface area contributed by atoms with Gasteiger partial charge in [0.25, 0.3) is 0 Å². The second-order valence-corrected chi connectivity index (χ2v) is 1.30. The van der Waals surface area contributed by atoms with Crippen LogP contribution in [0.15, 0.2) is 18.3 Å². The van der Waals surface area contributed by atoms with Gasteiger partial charge in [-0.05, 0) is 12.1 Å². The molecule has 0 atom stereocenters. The molecule has 2 nitrogen and oxygen atoms in total. The van der Waals surface area contributed by atoms with Gasteiger partial charge in [0, 0.05) is 12.3 Å². The predicted molar refractivity (Wildman–Crippen MR) is 29.6 cm³/mol. The van der Waals surface area contributed by atoms with Gasteiger partial charge in [-0.2, -0.15) is 0 Å². The standard InChI is InChI=1S/C6H6NO/c1-8-6-4-2-3-5-7-6/h3-5H,1H3. The second kappa shape index (κ2) is 2.31. The van der Waals surface area contributed by atoms with Crippen LogP contribution in [0.2, 0.25) is 0 Å². The minimum Gasteiger partial charge on any atom is -0.481 e. The fourth-order valence-corrected chi connectivity index (χ4v) is 0.422. The highest BCUT2D eigenvalue weighted by Gasteiger charge is 1.82. The van der Waals surface area contributed by atoms with Crippen LogP contribution < -0.4 is 4.74 Å². The molecule has 1 rings (SSSR count). The molecule has 0 amide bonds. The van der Waals surface area contributed by atoms with Crippen LogP contribution >= 0.6 is 0 Å². The van der Waals surface area contributed by atoms with E-state index < -0.39 is 0 Å². The zero-order valence-corrected chi connectivity index (χ0v) is 4.59. The summed E-state index contributed by atoms with van der Waals surface area (Å²) >= 11 is 0. The summed E-state index contributed by atoms with van der Waals surface area (Å²) < 4.78 is 4.77. The predicted octanol–water partition coefficient (Wildman–Crippen LogP) is 0.890. The van der Waals surface area contributed by atoms with E-state index in [2.05, 4.69) is 11.1 Å². The smallest absolute Gasteiger partial charge is 0.213 e. The summed E-state index contributed by atoms with van der Waals surface area (Å²) in [6.45, 7) is 0. The van der Waals surface area contributed by atoms with E-state index in [0.717, 1.165) is 0 Å². The summed E-state index contributed by atoms with van der Waals surface area (Å²) in [6, 6.07) is 6.23. The quantitative estimate of drug-likeness (QED) is 0.533. The minimum atomic E-state index is 0.604. The Bertz CT molecular complexity index is 150. The Balaban J connectivity index is 2.83. The van der Waals surface area contributed by atoms with Crippen molar-refractivity contribution < 1.29 is 4.74 Å². The molecule has 8 heavy (non-hydrogen) atoms. The molecule has 2 heteroatoms. The molecular weight excluding hydrogens is 102 g/mol. The first-order valence-corrected chi connectivity index (χ1v) is 2.29. The molecule has 0 saturated carbocycles. The number of rotatable bonds is 1. The summed E-state index contributed by atoms with van der Waals surface area (Å²) in [4.78, 5) is 3.84. The van der Waals surface area contributed by atoms with E-state index in [1.165, 1.54) is 0 Å². The van der Waals surface area contributed by atoms with Crippen molar-refractivity contribution >= 4 is 0 Å². The van der Waals surface area contributed by atoms with Crippen LogP contribution in [0.1, 0.15) is 0 Å². The van der Waals surface area contributed by atoms with Crippen LogP contribution in [0.25, 0.3) is 0 Å². The lowest BCUT2D eigenvalue weighted by atomic mass is 10.5. The summed E-state index contributed by atoms with van der Waals surface area (Å²) in [6.07, 6.45) is 1.64. The van der Waals surface area contributed by atoms with Gasteiger partial charge in [-0.1, -0.05) is 0 Å². The van der Waals surface area contributed by atoms with Crippen LogP contribution in [0.4, 0.5) is 0 Å². The minimum absolute atomic E-state index is 0.604. The largest absolute Gasteiger partial charge is 0.481 e. The highest BCUT2D eigenvalue weighted by molar-refractivity contribution is 5.07. The number of ether oxygens (including phenoxy) is 1. The van der Waals surface area contributed by atoms with E-state index in [0.29, 0.717) is 5.88 Å². The van der Waals surface area contributed by atoms with Crippen molar-refractivity contribution in [3.63, 3.8) is 0 Å². The normalized spacial score (nSPS) is 8.62. The van der Waals surface area contributed by atoms with E-state index in [-0.39, 0.29) is 0 Å². The molecule has 0 unspecified atom stereocenters. The first-order chi connectivity index (χ1) is 3.93. The summed E-state index contributed by atoms with van der Waals surface area (Å²) in [5.41, 5.74) is 0. The van der Waals surface area contributed by atoms with Crippen molar-refractivity contribution in [2.75, 3.05) is 7.11 Å². The van der Waals surface area contributed by atoms with Crippen LogP contribution in [0.3, 0.4) is 0 Å². The van der Waals surface area contributed by atoms with E-state index in [4.69, 9.17) is 4.74 Å². The first-order valence-electron chi connectivity index (χ1n) is 2.29. The van der Waals surface area contributed by atoms with Gasteiger partial charge in [-0.3, -0.25) is 0 Å². The lowest BCUT2D eigenvalue weighted by Gasteiger charge is -1.92. The molecule has 41 valence electrons. The monoisotopic (exact) mass is 108 g/mol. The summed E-state index contributed by atoms with van der Waals surface area (Å²) in [7, 11) is 1.58. The van der Waals surface area contributed by atoms with Gasteiger partial charge >= 0.3 is 0 Å². The number of aromatic nitrogens is 1. The molecule has 1 aromatic heterocycles. The Morgan fingerprint density at radius 2 is 2.62 bits per heavy atom.